The quantitative estimate of drug-likeness (QED) is 0.840. The molecule has 0 spiro atoms. The van der Waals surface area contributed by atoms with Gasteiger partial charge < -0.3 is 5.11 Å². The largest absolute Gasteiger partial charge is 0.393 e. The maximum absolute atomic E-state index is 12.6. The fraction of sp³-hybridized carbons (Fsp3) is 0.588. The Morgan fingerprint density at radius 3 is 2.40 bits per heavy atom. The van der Waals surface area contributed by atoms with Crippen LogP contribution < -0.4 is 0 Å². The number of ketones is 1. The summed E-state index contributed by atoms with van der Waals surface area (Å²) in [6.07, 6.45) is 2.57. The van der Waals surface area contributed by atoms with Gasteiger partial charge in [-0.1, -0.05) is 37.3 Å². The van der Waals surface area contributed by atoms with Crippen molar-refractivity contribution < 1.29 is 9.90 Å². The molecule has 0 aromatic heterocycles. The number of Topliss-reactive ketones (excluding diaryl/α,β-unsaturated/α-hetero) is 1. The van der Waals surface area contributed by atoms with E-state index in [1.54, 1.807) is 0 Å². The van der Waals surface area contributed by atoms with Crippen LogP contribution in [0.2, 0.25) is 0 Å². The summed E-state index contributed by atoms with van der Waals surface area (Å²) in [6, 6.07) is 9.54. The molecule has 0 radical (unpaired) electrons. The van der Waals surface area contributed by atoms with Gasteiger partial charge in [-0.2, -0.15) is 0 Å². The summed E-state index contributed by atoms with van der Waals surface area (Å²) in [7, 11) is 0. The fourth-order valence-corrected chi connectivity index (χ4v) is 3.12. The van der Waals surface area contributed by atoms with E-state index in [0.717, 1.165) is 37.9 Å². The van der Waals surface area contributed by atoms with Crippen molar-refractivity contribution in [1.29, 1.82) is 0 Å². The number of benzene rings is 1. The first-order valence-electron chi connectivity index (χ1n) is 7.64. The molecule has 20 heavy (non-hydrogen) atoms. The van der Waals surface area contributed by atoms with Crippen LogP contribution in [-0.4, -0.2) is 41.0 Å². The molecule has 1 aliphatic heterocycles. The highest BCUT2D eigenvalue weighted by molar-refractivity contribution is 6.00. The molecule has 0 amide bonds. The molecule has 3 heteroatoms. The Morgan fingerprint density at radius 1 is 1.30 bits per heavy atom. The third-order valence-corrected chi connectivity index (χ3v) is 4.44. The van der Waals surface area contributed by atoms with Crippen LogP contribution >= 0.6 is 0 Å². The van der Waals surface area contributed by atoms with Crippen molar-refractivity contribution in [2.45, 2.75) is 45.3 Å². The van der Waals surface area contributed by atoms with Gasteiger partial charge >= 0.3 is 0 Å². The molecule has 1 saturated heterocycles. The van der Waals surface area contributed by atoms with Crippen molar-refractivity contribution in [3.8, 4) is 0 Å². The Labute approximate surface area is 121 Å². The standard InChI is InChI=1S/C17H25NO2/c1-3-16(17(20)15-7-5-4-6-8-15)18-11-9-14(10-12-18)13(2)19/h4-8,13-14,16,19H,3,9-12H2,1-2H3. The van der Waals surface area contributed by atoms with E-state index in [0.29, 0.717) is 5.92 Å². The van der Waals surface area contributed by atoms with E-state index in [1.807, 2.05) is 37.3 Å². The number of aliphatic hydroxyl groups excluding tert-OH is 1. The fourth-order valence-electron chi connectivity index (χ4n) is 3.12. The number of rotatable bonds is 5. The predicted molar refractivity (Wildman–Crippen MR) is 80.8 cm³/mol. The zero-order valence-corrected chi connectivity index (χ0v) is 12.5. The lowest BCUT2D eigenvalue weighted by Gasteiger charge is -2.37. The first-order valence-corrected chi connectivity index (χ1v) is 7.64. The molecule has 2 atom stereocenters. The lowest BCUT2D eigenvalue weighted by Crippen LogP contribution is -2.46. The molecule has 1 aliphatic rings. The van der Waals surface area contributed by atoms with Crippen LogP contribution in [0.5, 0.6) is 0 Å². The third-order valence-electron chi connectivity index (χ3n) is 4.44. The van der Waals surface area contributed by atoms with Gasteiger partial charge in [0, 0.05) is 5.56 Å². The van der Waals surface area contributed by atoms with Crippen molar-refractivity contribution in [2.24, 2.45) is 5.92 Å². The lowest BCUT2D eigenvalue weighted by atomic mass is 9.90. The molecule has 0 saturated carbocycles. The second kappa shape index (κ2) is 7.00. The van der Waals surface area contributed by atoms with Gasteiger partial charge in [0.1, 0.15) is 0 Å². The average Bonchev–Trinajstić information content (AvgIpc) is 2.49. The summed E-state index contributed by atoms with van der Waals surface area (Å²) in [5.41, 5.74) is 0.803. The summed E-state index contributed by atoms with van der Waals surface area (Å²) in [4.78, 5) is 14.9. The number of hydrogen-bond acceptors (Lipinski definition) is 3. The molecule has 3 nitrogen and oxygen atoms in total. The zero-order chi connectivity index (χ0) is 14.5. The number of piperidine rings is 1. The van der Waals surface area contributed by atoms with Gasteiger partial charge in [-0.15, -0.1) is 0 Å². The maximum Gasteiger partial charge on any atom is 0.179 e. The van der Waals surface area contributed by atoms with E-state index < -0.39 is 0 Å². The zero-order valence-electron chi connectivity index (χ0n) is 12.5. The number of hydrogen-bond donors (Lipinski definition) is 1. The van der Waals surface area contributed by atoms with E-state index >= 15 is 0 Å². The van der Waals surface area contributed by atoms with E-state index in [4.69, 9.17) is 0 Å². The molecule has 0 bridgehead atoms. The van der Waals surface area contributed by atoms with Gasteiger partial charge in [0.2, 0.25) is 0 Å². The average molecular weight is 275 g/mol. The topological polar surface area (TPSA) is 40.5 Å². The molecule has 0 aliphatic carbocycles. The van der Waals surface area contributed by atoms with Crippen LogP contribution in [-0.2, 0) is 0 Å². The summed E-state index contributed by atoms with van der Waals surface area (Å²) in [5, 5.41) is 9.66. The van der Waals surface area contributed by atoms with Crippen LogP contribution in [0.15, 0.2) is 30.3 Å². The highest BCUT2D eigenvalue weighted by Gasteiger charge is 2.30. The normalized spacial score (nSPS) is 20.6. The van der Waals surface area contributed by atoms with E-state index in [2.05, 4.69) is 11.8 Å². The van der Waals surface area contributed by atoms with Crippen LogP contribution in [0.25, 0.3) is 0 Å². The second-order valence-electron chi connectivity index (χ2n) is 5.77. The number of carbonyl (C=O) groups is 1. The molecule has 2 rings (SSSR count). The molecule has 1 aromatic rings. The summed E-state index contributed by atoms with van der Waals surface area (Å²) < 4.78 is 0. The SMILES string of the molecule is CCC(C(=O)c1ccccc1)N1CCC(C(C)O)CC1. The maximum atomic E-state index is 12.6. The molecule has 1 aromatic carbocycles. The first-order chi connectivity index (χ1) is 9.63. The Balaban J connectivity index is 2.01. The molecular weight excluding hydrogens is 250 g/mol. The number of carbonyl (C=O) groups excluding carboxylic acids is 1. The predicted octanol–water partition coefficient (Wildman–Crippen LogP) is 2.74. The Bertz CT molecular complexity index is 422. The van der Waals surface area contributed by atoms with Gasteiger partial charge in [0.05, 0.1) is 12.1 Å². The van der Waals surface area contributed by atoms with E-state index in [9.17, 15) is 9.90 Å². The molecular formula is C17H25NO2. The smallest absolute Gasteiger partial charge is 0.179 e. The van der Waals surface area contributed by atoms with E-state index in [1.165, 1.54) is 0 Å². The lowest BCUT2D eigenvalue weighted by molar-refractivity contribution is 0.0491. The van der Waals surface area contributed by atoms with Gasteiger partial charge in [-0.3, -0.25) is 9.69 Å². The Hall–Kier alpha value is -1.19. The minimum atomic E-state index is -0.234. The third kappa shape index (κ3) is 3.47. The highest BCUT2D eigenvalue weighted by atomic mass is 16.3. The summed E-state index contributed by atoms with van der Waals surface area (Å²) >= 11 is 0. The van der Waals surface area contributed by atoms with Gasteiger partial charge in [0.15, 0.2) is 5.78 Å². The number of nitrogens with zero attached hydrogens (tertiary/aromatic N) is 1. The van der Waals surface area contributed by atoms with Crippen molar-refractivity contribution in [3.05, 3.63) is 35.9 Å². The molecule has 1 heterocycles. The van der Waals surface area contributed by atoms with Crippen LogP contribution in [0.1, 0.15) is 43.5 Å². The molecule has 1 N–H and O–H groups in total. The van der Waals surface area contributed by atoms with Crippen LogP contribution in [0.4, 0.5) is 0 Å². The van der Waals surface area contributed by atoms with E-state index in [-0.39, 0.29) is 17.9 Å². The Morgan fingerprint density at radius 2 is 1.90 bits per heavy atom. The monoisotopic (exact) mass is 275 g/mol. The minimum Gasteiger partial charge on any atom is -0.393 e. The van der Waals surface area contributed by atoms with Gasteiger partial charge in [-0.05, 0) is 45.2 Å². The van der Waals surface area contributed by atoms with Crippen molar-refractivity contribution >= 4 is 5.78 Å². The van der Waals surface area contributed by atoms with Crippen LogP contribution in [0.3, 0.4) is 0 Å². The van der Waals surface area contributed by atoms with Gasteiger partial charge in [-0.25, -0.2) is 0 Å². The summed E-state index contributed by atoms with van der Waals surface area (Å²) in [5.74, 6) is 0.610. The van der Waals surface area contributed by atoms with Crippen molar-refractivity contribution in [3.63, 3.8) is 0 Å². The first kappa shape index (κ1) is 15.2. The molecule has 2 unspecified atom stereocenters. The van der Waals surface area contributed by atoms with Gasteiger partial charge in [0.25, 0.3) is 0 Å². The van der Waals surface area contributed by atoms with Crippen molar-refractivity contribution in [2.75, 3.05) is 13.1 Å². The Kier molecular flexibility index (Phi) is 5.32. The number of aliphatic hydroxyl groups is 1. The van der Waals surface area contributed by atoms with Crippen LogP contribution in [0, 0.1) is 5.92 Å². The number of likely N-dealkylation sites (tertiary alicyclic amines) is 1. The molecule has 110 valence electrons. The second-order valence-corrected chi connectivity index (χ2v) is 5.77. The minimum absolute atomic E-state index is 0.0210. The highest BCUT2D eigenvalue weighted by Crippen LogP contribution is 2.24. The van der Waals surface area contributed by atoms with Crippen molar-refractivity contribution in [1.82, 2.24) is 4.90 Å². The molecule has 1 fully saturated rings. The summed E-state index contributed by atoms with van der Waals surface area (Å²) in [6.45, 7) is 5.76.